The number of hydrogen-bond acceptors (Lipinski definition) is 3. The van der Waals surface area contributed by atoms with Crippen LogP contribution in [0.25, 0.3) is 0 Å². The van der Waals surface area contributed by atoms with Gasteiger partial charge in [0, 0.05) is 6.61 Å². The van der Waals surface area contributed by atoms with Gasteiger partial charge in [0.05, 0.1) is 11.3 Å². The van der Waals surface area contributed by atoms with E-state index >= 15 is 0 Å². The summed E-state index contributed by atoms with van der Waals surface area (Å²) in [6, 6.07) is 2.93. The highest BCUT2D eigenvalue weighted by Gasteiger charge is 2.30. The van der Waals surface area contributed by atoms with Crippen LogP contribution >= 0.6 is 0 Å². The van der Waals surface area contributed by atoms with E-state index < -0.39 is 11.7 Å². The molecule has 0 spiro atoms. The fraction of sp³-hybridized carbons (Fsp3) is 0.400. The van der Waals surface area contributed by atoms with Gasteiger partial charge in [0.25, 0.3) is 0 Å². The first-order chi connectivity index (χ1) is 7.45. The molecule has 1 aromatic rings. The lowest BCUT2D eigenvalue weighted by Gasteiger charge is -2.11. The smallest absolute Gasteiger partial charge is 0.416 e. The Bertz CT molecular complexity index is 352. The summed E-state index contributed by atoms with van der Waals surface area (Å²) in [5.74, 6) is 0.182. The number of nitrogens with two attached hydrogens (primary N) is 1. The monoisotopic (exact) mass is 235 g/mol. The summed E-state index contributed by atoms with van der Waals surface area (Å²) in [4.78, 5) is 0. The van der Waals surface area contributed by atoms with E-state index in [0.717, 1.165) is 12.1 Å². The van der Waals surface area contributed by atoms with Gasteiger partial charge >= 0.3 is 6.18 Å². The van der Waals surface area contributed by atoms with Crippen LogP contribution in [0.3, 0.4) is 0 Å². The molecule has 0 saturated carbocycles. The van der Waals surface area contributed by atoms with E-state index in [1.807, 2.05) is 0 Å². The molecule has 0 aliphatic heterocycles. The quantitative estimate of drug-likeness (QED) is 0.495. The summed E-state index contributed by atoms with van der Waals surface area (Å²) in [6.45, 7) is 2.20. The molecule has 3 nitrogen and oxygen atoms in total. The molecule has 0 aromatic heterocycles. The summed E-state index contributed by atoms with van der Waals surface area (Å²) in [6.07, 6.45) is -4.40. The Morgan fingerprint density at radius 2 is 2.00 bits per heavy atom. The van der Waals surface area contributed by atoms with Crippen molar-refractivity contribution in [1.82, 2.24) is 0 Å². The molecule has 90 valence electrons. The Labute approximate surface area is 91.0 Å². The molecule has 0 amide bonds. The van der Waals surface area contributed by atoms with Gasteiger partial charge < -0.3 is 15.2 Å². The van der Waals surface area contributed by atoms with Crippen LogP contribution in [0.15, 0.2) is 18.2 Å². The SMILES string of the molecule is CCOCOc1ccc(C(F)(F)F)cc1N. The van der Waals surface area contributed by atoms with Gasteiger partial charge in [-0.3, -0.25) is 0 Å². The largest absolute Gasteiger partial charge is 0.465 e. The second-order valence-electron chi connectivity index (χ2n) is 3.01. The van der Waals surface area contributed by atoms with Crippen molar-refractivity contribution in [3.63, 3.8) is 0 Å². The standard InChI is InChI=1S/C10H12F3NO2/c1-2-15-6-16-9-4-3-7(5-8(9)14)10(11,12)13/h3-5H,2,6,14H2,1H3. The normalized spacial score (nSPS) is 11.5. The highest BCUT2D eigenvalue weighted by molar-refractivity contribution is 5.54. The van der Waals surface area contributed by atoms with E-state index in [1.165, 1.54) is 6.07 Å². The van der Waals surface area contributed by atoms with E-state index in [4.69, 9.17) is 15.2 Å². The molecule has 0 unspecified atom stereocenters. The Hall–Kier alpha value is -1.43. The highest BCUT2D eigenvalue weighted by atomic mass is 19.4. The number of benzene rings is 1. The van der Waals surface area contributed by atoms with Crippen LogP contribution in [0, 0.1) is 0 Å². The molecule has 0 aliphatic carbocycles. The van der Waals surface area contributed by atoms with Gasteiger partial charge in [0.2, 0.25) is 0 Å². The Kier molecular flexibility index (Phi) is 4.00. The van der Waals surface area contributed by atoms with Crippen molar-refractivity contribution in [3.05, 3.63) is 23.8 Å². The number of anilines is 1. The zero-order chi connectivity index (χ0) is 12.2. The zero-order valence-electron chi connectivity index (χ0n) is 8.67. The molecule has 1 rings (SSSR count). The van der Waals surface area contributed by atoms with Crippen LogP contribution in [0.4, 0.5) is 18.9 Å². The molecule has 6 heteroatoms. The van der Waals surface area contributed by atoms with Crippen molar-refractivity contribution in [2.24, 2.45) is 0 Å². The fourth-order valence-electron chi connectivity index (χ4n) is 1.04. The Morgan fingerprint density at radius 3 is 2.50 bits per heavy atom. The predicted octanol–water partition coefficient (Wildman–Crippen LogP) is 2.66. The highest BCUT2D eigenvalue weighted by Crippen LogP contribution is 2.33. The van der Waals surface area contributed by atoms with Gasteiger partial charge in [-0.25, -0.2) is 0 Å². The number of hydrogen-bond donors (Lipinski definition) is 1. The molecule has 0 bridgehead atoms. The third-order valence-corrected chi connectivity index (χ3v) is 1.84. The summed E-state index contributed by atoms with van der Waals surface area (Å²) in [7, 11) is 0. The van der Waals surface area contributed by atoms with Crippen LogP contribution in [-0.2, 0) is 10.9 Å². The van der Waals surface area contributed by atoms with Crippen LogP contribution in [-0.4, -0.2) is 13.4 Å². The molecule has 0 heterocycles. The lowest BCUT2D eigenvalue weighted by atomic mass is 10.2. The Balaban J connectivity index is 2.76. The maximum atomic E-state index is 12.3. The Morgan fingerprint density at radius 1 is 1.31 bits per heavy atom. The number of nitrogen functional groups attached to an aromatic ring is 1. The van der Waals surface area contributed by atoms with Crippen LogP contribution in [0.5, 0.6) is 5.75 Å². The molecule has 0 aliphatic rings. The minimum atomic E-state index is -4.40. The number of rotatable bonds is 4. The first kappa shape index (κ1) is 12.6. The van der Waals surface area contributed by atoms with E-state index in [1.54, 1.807) is 6.92 Å². The molecule has 0 fully saturated rings. The van der Waals surface area contributed by atoms with E-state index in [9.17, 15) is 13.2 Å². The van der Waals surface area contributed by atoms with Gasteiger partial charge in [0.1, 0.15) is 5.75 Å². The number of alkyl halides is 3. The predicted molar refractivity (Wildman–Crippen MR) is 53.0 cm³/mol. The van der Waals surface area contributed by atoms with Gasteiger partial charge in [-0.15, -0.1) is 0 Å². The van der Waals surface area contributed by atoms with Crippen molar-refractivity contribution in [2.75, 3.05) is 19.1 Å². The van der Waals surface area contributed by atoms with Crippen molar-refractivity contribution in [3.8, 4) is 5.75 Å². The average molecular weight is 235 g/mol. The lowest BCUT2D eigenvalue weighted by molar-refractivity contribution is -0.137. The lowest BCUT2D eigenvalue weighted by Crippen LogP contribution is -2.08. The van der Waals surface area contributed by atoms with Gasteiger partial charge in [-0.05, 0) is 25.1 Å². The first-order valence-electron chi connectivity index (χ1n) is 4.62. The molecule has 2 N–H and O–H groups in total. The van der Waals surface area contributed by atoms with Crippen LogP contribution in [0.2, 0.25) is 0 Å². The zero-order valence-corrected chi connectivity index (χ0v) is 8.67. The third-order valence-electron chi connectivity index (χ3n) is 1.84. The molecule has 1 aromatic carbocycles. The minimum absolute atomic E-state index is 0.0357. The van der Waals surface area contributed by atoms with Crippen molar-refractivity contribution in [2.45, 2.75) is 13.1 Å². The summed E-state index contributed by atoms with van der Waals surface area (Å²) >= 11 is 0. The van der Waals surface area contributed by atoms with Gasteiger partial charge in [-0.2, -0.15) is 13.2 Å². The van der Waals surface area contributed by atoms with Crippen molar-refractivity contribution >= 4 is 5.69 Å². The summed E-state index contributed by atoms with van der Waals surface area (Å²) < 4.78 is 46.8. The fourth-order valence-corrected chi connectivity index (χ4v) is 1.04. The van der Waals surface area contributed by atoms with Crippen LogP contribution < -0.4 is 10.5 Å². The summed E-state index contributed by atoms with van der Waals surface area (Å²) in [5, 5.41) is 0. The molecular formula is C10H12F3NO2. The van der Waals surface area contributed by atoms with E-state index in [2.05, 4.69) is 0 Å². The third kappa shape index (κ3) is 3.30. The second-order valence-corrected chi connectivity index (χ2v) is 3.01. The first-order valence-corrected chi connectivity index (χ1v) is 4.62. The van der Waals surface area contributed by atoms with E-state index in [-0.39, 0.29) is 18.2 Å². The topological polar surface area (TPSA) is 44.5 Å². The van der Waals surface area contributed by atoms with Crippen molar-refractivity contribution < 1.29 is 22.6 Å². The average Bonchev–Trinajstić information content (AvgIpc) is 2.19. The molecular weight excluding hydrogens is 223 g/mol. The number of halogens is 3. The van der Waals surface area contributed by atoms with Crippen LogP contribution in [0.1, 0.15) is 12.5 Å². The van der Waals surface area contributed by atoms with E-state index in [0.29, 0.717) is 6.61 Å². The van der Waals surface area contributed by atoms with Gasteiger partial charge in [-0.1, -0.05) is 0 Å². The summed E-state index contributed by atoms with van der Waals surface area (Å²) in [5.41, 5.74) is 4.56. The van der Waals surface area contributed by atoms with Gasteiger partial charge in [0.15, 0.2) is 6.79 Å². The molecule has 16 heavy (non-hydrogen) atoms. The maximum Gasteiger partial charge on any atom is 0.416 e. The molecule has 0 saturated heterocycles. The minimum Gasteiger partial charge on any atom is -0.465 e. The number of ether oxygens (including phenoxy) is 2. The molecule has 0 atom stereocenters. The molecule has 0 radical (unpaired) electrons. The van der Waals surface area contributed by atoms with Crippen molar-refractivity contribution in [1.29, 1.82) is 0 Å². The second kappa shape index (κ2) is 5.07. The maximum absolute atomic E-state index is 12.3.